The minimum absolute atomic E-state index is 0.113. The summed E-state index contributed by atoms with van der Waals surface area (Å²) >= 11 is 0. The smallest absolute Gasteiger partial charge is 0.292 e. The van der Waals surface area contributed by atoms with Crippen LogP contribution in [0.3, 0.4) is 0 Å². The largest absolute Gasteiger partial charge is 0.390 e. The Morgan fingerprint density at radius 3 is 2.86 bits per heavy atom. The van der Waals surface area contributed by atoms with E-state index in [1.54, 1.807) is 0 Å². The van der Waals surface area contributed by atoms with Gasteiger partial charge in [-0.25, -0.2) is 0 Å². The minimum Gasteiger partial charge on any atom is -0.390 e. The Balaban J connectivity index is 1.94. The van der Waals surface area contributed by atoms with Crippen LogP contribution in [0.15, 0.2) is 18.2 Å². The molecule has 0 aromatic heterocycles. The highest BCUT2D eigenvalue weighted by molar-refractivity contribution is 5.64. The van der Waals surface area contributed by atoms with Crippen LogP contribution in [0.5, 0.6) is 0 Å². The van der Waals surface area contributed by atoms with Gasteiger partial charge in [0, 0.05) is 32.2 Å². The molecule has 1 heterocycles. The first-order valence-corrected chi connectivity index (χ1v) is 7.00. The lowest BCUT2D eigenvalue weighted by Gasteiger charge is -2.28. The van der Waals surface area contributed by atoms with Crippen LogP contribution < -0.4 is 5.32 Å². The fourth-order valence-corrected chi connectivity index (χ4v) is 2.28. The van der Waals surface area contributed by atoms with E-state index in [1.807, 2.05) is 6.07 Å². The fraction of sp³-hybridized carbons (Fsp3) is 0.500. The number of nitro groups is 1. The van der Waals surface area contributed by atoms with Crippen molar-refractivity contribution < 1.29 is 14.8 Å². The quantitative estimate of drug-likeness (QED) is 0.583. The molecule has 22 heavy (non-hydrogen) atoms. The van der Waals surface area contributed by atoms with Gasteiger partial charge in [-0.05, 0) is 12.1 Å². The lowest BCUT2D eigenvalue weighted by molar-refractivity contribution is -0.384. The molecule has 1 aromatic carbocycles. The van der Waals surface area contributed by atoms with Gasteiger partial charge in [0.1, 0.15) is 5.69 Å². The number of aliphatic hydroxyl groups is 1. The summed E-state index contributed by atoms with van der Waals surface area (Å²) in [6.07, 6.45) is -0.663. The molecule has 0 spiro atoms. The third-order valence-electron chi connectivity index (χ3n) is 3.42. The van der Waals surface area contributed by atoms with Gasteiger partial charge in [-0.3, -0.25) is 15.0 Å². The molecule has 1 aliphatic rings. The molecular weight excluding hydrogens is 288 g/mol. The number of anilines is 1. The molecule has 2 rings (SSSR count). The Kier molecular flexibility index (Phi) is 5.66. The van der Waals surface area contributed by atoms with Crippen molar-refractivity contribution in [3.05, 3.63) is 33.9 Å². The van der Waals surface area contributed by atoms with E-state index in [9.17, 15) is 15.2 Å². The number of ether oxygens (including phenoxy) is 1. The first-order chi connectivity index (χ1) is 10.6. The number of hydrogen-bond acceptors (Lipinski definition) is 7. The molecule has 0 amide bonds. The Hall–Kier alpha value is -2.21. The third kappa shape index (κ3) is 4.39. The van der Waals surface area contributed by atoms with Crippen LogP contribution in [0.1, 0.15) is 5.56 Å². The molecule has 1 saturated heterocycles. The van der Waals surface area contributed by atoms with Gasteiger partial charge in [-0.2, -0.15) is 5.26 Å². The van der Waals surface area contributed by atoms with E-state index >= 15 is 0 Å². The van der Waals surface area contributed by atoms with Gasteiger partial charge in [0.05, 0.1) is 35.9 Å². The van der Waals surface area contributed by atoms with Crippen molar-refractivity contribution in [1.82, 2.24) is 4.90 Å². The van der Waals surface area contributed by atoms with E-state index in [1.165, 1.54) is 18.2 Å². The second-order valence-electron chi connectivity index (χ2n) is 5.05. The Morgan fingerprint density at radius 1 is 1.50 bits per heavy atom. The number of benzene rings is 1. The number of β-amino-alcohol motifs (C(OH)–C–C–N with tert-alkyl or cyclic N) is 1. The number of morpholine rings is 1. The average molecular weight is 306 g/mol. The second-order valence-corrected chi connectivity index (χ2v) is 5.05. The predicted molar refractivity (Wildman–Crippen MR) is 79.6 cm³/mol. The zero-order chi connectivity index (χ0) is 15.9. The number of nitro benzene ring substituents is 1. The number of nitriles is 1. The maximum Gasteiger partial charge on any atom is 0.292 e. The lowest BCUT2D eigenvalue weighted by atomic mass is 10.2. The highest BCUT2D eigenvalue weighted by Crippen LogP contribution is 2.25. The molecule has 0 aliphatic carbocycles. The van der Waals surface area contributed by atoms with Crippen LogP contribution in [0.4, 0.5) is 11.4 Å². The van der Waals surface area contributed by atoms with E-state index in [0.29, 0.717) is 25.3 Å². The summed E-state index contributed by atoms with van der Waals surface area (Å²) in [5.74, 6) is 0. The third-order valence-corrected chi connectivity index (χ3v) is 3.42. The summed E-state index contributed by atoms with van der Waals surface area (Å²) in [6, 6.07) is 6.04. The van der Waals surface area contributed by atoms with Crippen LogP contribution >= 0.6 is 0 Å². The maximum absolute atomic E-state index is 11.0. The normalized spacial score (nSPS) is 16.7. The lowest BCUT2D eigenvalue weighted by Crippen LogP contribution is -2.42. The summed E-state index contributed by atoms with van der Waals surface area (Å²) in [5, 5.41) is 32.7. The molecule has 0 radical (unpaired) electrons. The van der Waals surface area contributed by atoms with Crippen LogP contribution in [-0.2, 0) is 4.74 Å². The molecule has 1 aromatic rings. The van der Waals surface area contributed by atoms with Gasteiger partial charge in [0.25, 0.3) is 5.69 Å². The molecule has 2 N–H and O–H groups in total. The molecule has 118 valence electrons. The fourth-order valence-electron chi connectivity index (χ4n) is 2.28. The molecule has 8 heteroatoms. The molecule has 1 fully saturated rings. The molecule has 0 bridgehead atoms. The van der Waals surface area contributed by atoms with Crippen molar-refractivity contribution in [3.63, 3.8) is 0 Å². The summed E-state index contributed by atoms with van der Waals surface area (Å²) in [5.41, 5.74) is 0.457. The monoisotopic (exact) mass is 306 g/mol. The van der Waals surface area contributed by atoms with Crippen LogP contribution in [0.25, 0.3) is 0 Å². The summed E-state index contributed by atoms with van der Waals surface area (Å²) in [7, 11) is 0. The number of rotatable bonds is 6. The van der Waals surface area contributed by atoms with Crippen molar-refractivity contribution in [2.75, 3.05) is 44.7 Å². The van der Waals surface area contributed by atoms with Crippen molar-refractivity contribution in [2.45, 2.75) is 6.10 Å². The molecule has 1 aliphatic heterocycles. The van der Waals surface area contributed by atoms with Gasteiger partial charge in [-0.1, -0.05) is 0 Å². The highest BCUT2D eigenvalue weighted by Gasteiger charge is 2.17. The second kappa shape index (κ2) is 7.70. The van der Waals surface area contributed by atoms with Crippen LogP contribution in [0.2, 0.25) is 0 Å². The number of hydrogen-bond donors (Lipinski definition) is 2. The van der Waals surface area contributed by atoms with Crippen molar-refractivity contribution >= 4 is 11.4 Å². The summed E-state index contributed by atoms with van der Waals surface area (Å²) < 4.78 is 5.23. The minimum atomic E-state index is -0.663. The molecular formula is C14H18N4O4. The molecule has 1 atom stereocenters. The van der Waals surface area contributed by atoms with Gasteiger partial charge in [0.15, 0.2) is 0 Å². The first-order valence-electron chi connectivity index (χ1n) is 7.00. The topological polar surface area (TPSA) is 112 Å². The van der Waals surface area contributed by atoms with Gasteiger partial charge in [0.2, 0.25) is 0 Å². The summed E-state index contributed by atoms with van der Waals surface area (Å²) in [4.78, 5) is 12.5. The van der Waals surface area contributed by atoms with E-state index in [-0.39, 0.29) is 17.9 Å². The number of nitrogens with zero attached hydrogens (tertiary/aromatic N) is 3. The first kappa shape index (κ1) is 16.2. The molecule has 8 nitrogen and oxygen atoms in total. The van der Waals surface area contributed by atoms with Crippen LogP contribution in [0, 0.1) is 21.4 Å². The maximum atomic E-state index is 11.0. The Bertz CT molecular complexity index is 566. The molecule has 0 saturated carbocycles. The van der Waals surface area contributed by atoms with Gasteiger partial charge < -0.3 is 15.2 Å². The Labute approximate surface area is 128 Å². The van der Waals surface area contributed by atoms with Crippen molar-refractivity contribution in [3.8, 4) is 6.07 Å². The number of aliphatic hydroxyl groups excluding tert-OH is 1. The predicted octanol–water partition coefficient (Wildman–Crippen LogP) is 0.571. The average Bonchev–Trinajstić information content (AvgIpc) is 2.53. The standard InChI is InChI=1S/C14H18N4O4/c15-8-11-1-2-14(18(20)21)13(7-11)16-9-12(19)10-17-3-5-22-6-4-17/h1-2,7,12,16,19H,3-6,9-10H2. The zero-order valence-corrected chi connectivity index (χ0v) is 12.1. The number of nitrogens with one attached hydrogen (secondary N) is 1. The Morgan fingerprint density at radius 2 is 2.23 bits per heavy atom. The zero-order valence-electron chi connectivity index (χ0n) is 12.1. The van der Waals surface area contributed by atoms with Crippen molar-refractivity contribution in [2.24, 2.45) is 0 Å². The van der Waals surface area contributed by atoms with E-state index in [0.717, 1.165) is 13.1 Å². The van der Waals surface area contributed by atoms with Crippen molar-refractivity contribution in [1.29, 1.82) is 5.26 Å². The molecule has 1 unspecified atom stereocenters. The van der Waals surface area contributed by atoms with Gasteiger partial charge in [-0.15, -0.1) is 0 Å². The summed E-state index contributed by atoms with van der Waals surface area (Å²) in [6.45, 7) is 3.48. The van der Waals surface area contributed by atoms with E-state index < -0.39 is 11.0 Å². The van der Waals surface area contributed by atoms with E-state index in [4.69, 9.17) is 10.00 Å². The SMILES string of the molecule is N#Cc1ccc([N+](=O)[O-])c(NCC(O)CN2CCOCC2)c1. The van der Waals surface area contributed by atoms with E-state index in [2.05, 4.69) is 10.2 Å². The van der Waals surface area contributed by atoms with Crippen LogP contribution in [-0.4, -0.2) is 60.4 Å². The highest BCUT2D eigenvalue weighted by atomic mass is 16.6. The van der Waals surface area contributed by atoms with Gasteiger partial charge >= 0.3 is 0 Å².